The van der Waals surface area contributed by atoms with Crippen LogP contribution in [0.4, 0.5) is 6.01 Å². The molecule has 0 saturated carbocycles. The van der Waals surface area contributed by atoms with Gasteiger partial charge in [0.2, 0.25) is 0 Å². The number of carbonyl (C=O) groups excluding carboxylic acids is 1. The number of nitrogens with one attached hydrogen (secondary N) is 1. The van der Waals surface area contributed by atoms with E-state index in [2.05, 4.69) is 15.4 Å². The van der Waals surface area contributed by atoms with E-state index in [0.29, 0.717) is 28.8 Å². The molecular weight excluding hydrogens is 398 g/mol. The van der Waals surface area contributed by atoms with Crippen molar-refractivity contribution < 1.29 is 9.21 Å². The van der Waals surface area contributed by atoms with Crippen molar-refractivity contribution in [1.29, 1.82) is 0 Å². The van der Waals surface area contributed by atoms with Crippen LogP contribution in [-0.2, 0) is 6.54 Å². The first-order valence-electron chi connectivity index (χ1n) is 9.45. The summed E-state index contributed by atoms with van der Waals surface area (Å²) in [5, 5.41) is 9.80. The molecule has 4 aromatic heterocycles. The second-order valence-electron chi connectivity index (χ2n) is 6.59. The average Bonchev–Trinajstić information content (AvgIpc) is 3.54. The first-order chi connectivity index (χ1) is 14.7. The molecule has 4 heterocycles. The Morgan fingerprint density at radius 3 is 2.77 bits per heavy atom. The SMILES string of the molecule is CCn1ncc2c(C(=O)Nc3nc(-c4ccccc4)co3)cc(-c3cccs3)nc21. The summed E-state index contributed by atoms with van der Waals surface area (Å²) in [4.78, 5) is 23.2. The van der Waals surface area contributed by atoms with Crippen molar-refractivity contribution in [3.63, 3.8) is 0 Å². The molecule has 1 N–H and O–H groups in total. The topological polar surface area (TPSA) is 85.8 Å². The average molecular weight is 415 g/mol. The van der Waals surface area contributed by atoms with Crippen LogP contribution < -0.4 is 5.32 Å². The lowest BCUT2D eigenvalue weighted by molar-refractivity contribution is 0.102. The summed E-state index contributed by atoms with van der Waals surface area (Å²) in [7, 11) is 0. The lowest BCUT2D eigenvalue weighted by Gasteiger charge is -2.07. The molecule has 0 unspecified atom stereocenters. The van der Waals surface area contributed by atoms with Crippen LogP contribution in [0.1, 0.15) is 17.3 Å². The van der Waals surface area contributed by atoms with E-state index in [-0.39, 0.29) is 11.9 Å². The van der Waals surface area contributed by atoms with E-state index in [0.717, 1.165) is 16.1 Å². The van der Waals surface area contributed by atoms with Crippen LogP contribution in [0, 0.1) is 0 Å². The summed E-state index contributed by atoms with van der Waals surface area (Å²) < 4.78 is 7.25. The molecule has 0 aliphatic heterocycles. The number of nitrogens with zero attached hydrogens (tertiary/aromatic N) is 4. The van der Waals surface area contributed by atoms with Gasteiger partial charge in [-0.25, -0.2) is 9.67 Å². The van der Waals surface area contributed by atoms with Gasteiger partial charge in [0.15, 0.2) is 5.65 Å². The molecule has 1 amide bonds. The van der Waals surface area contributed by atoms with Crippen molar-refractivity contribution in [1.82, 2.24) is 19.7 Å². The van der Waals surface area contributed by atoms with Gasteiger partial charge in [0, 0.05) is 12.1 Å². The normalized spacial score (nSPS) is 11.1. The van der Waals surface area contributed by atoms with Crippen LogP contribution in [0.3, 0.4) is 0 Å². The van der Waals surface area contributed by atoms with Gasteiger partial charge in [-0.05, 0) is 24.4 Å². The van der Waals surface area contributed by atoms with Gasteiger partial charge in [-0.3, -0.25) is 10.1 Å². The Morgan fingerprint density at radius 1 is 1.13 bits per heavy atom. The van der Waals surface area contributed by atoms with E-state index in [4.69, 9.17) is 9.40 Å². The lowest BCUT2D eigenvalue weighted by Crippen LogP contribution is -2.13. The molecule has 0 spiro atoms. The lowest BCUT2D eigenvalue weighted by atomic mass is 10.1. The van der Waals surface area contributed by atoms with E-state index in [1.165, 1.54) is 6.26 Å². The van der Waals surface area contributed by atoms with Crippen molar-refractivity contribution in [3.8, 4) is 21.8 Å². The fourth-order valence-electron chi connectivity index (χ4n) is 3.25. The van der Waals surface area contributed by atoms with Crippen molar-refractivity contribution in [2.45, 2.75) is 13.5 Å². The molecule has 0 bridgehead atoms. The van der Waals surface area contributed by atoms with Crippen LogP contribution in [0.5, 0.6) is 0 Å². The number of aromatic nitrogens is 4. The highest BCUT2D eigenvalue weighted by Crippen LogP contribution is 2.29. The molecule has 1 aromatic carbocycles. The second kappa shape index (κ2) is 7.57. The molecule has 0 aliphatic rings. The van der Waals surface area contributed by atoms with Crippen molar-refractivity contribution in [3.05, 3.63) is 71.9 Å². The Hall–Kier alpha value is -3.78. The molecule has 0 atom stereocenters. The number of amides is 1. The maximum absolute atomic E-state index is 13.1. The zero-order valence-electron chi connectivity index (χ0n) is 16.1. The van der Waals surface area contributed by atoms with Crippen LogP contribution >= 0.6 is 11.3 Å². The van der Waals surface area contributed by atoms with Crippen molar-refractivity contribution >= 4 is 34.3 Å². The minimum Gasteiger partial charge on any atom is -0.431 e. The van der Waals surface area contributed by atoms with E-state index in [1.54, 1.807) is 28.3 Å². The van der Waals surface area contributed by atoms with Gasteiger partial charge < -0.3 is 4.42 Å². The van der Waals surface area contributed by atoms with Crippen molar-refractivity contribution in [2.24, 2.45) is 0 Å². The highest BCUT2D eigenvalue weighted by Gasteiger charge is 2.19. The minimum atomic E-state index is -0.322. The summed E-state index contributed by atoms with van der Waals surface area (Å²) in [5.74, 6) is -0.322. The van der Waals surface area contributed by atoms with Gasteiger partial charge in [0.25, 0.3) is 5.91 Å². The molecule has 148 valence electrons. The number of rotatable bonds is 5. The molecule has 0 radical (unpaired) electrons. The molecular formula is C22H17N5O2S. The summed E-state index contributed by atoms with van der Waals surface area (Å²) in [5.41, 5.74) is 3.45. The smallest absolute Gasteiger partial charge is 0.302 e. The molecule has 0 aliphatic carbocycles. The number of oxazole rings is 1. The number of carbonyl (C=O) groups is 1. The maximum Gasteiger partial charge on any atom is 0.302 e. The molecule has 30 heavy (non-hydrogen) atoms. The van der Waals surface area contributed by atoms with Crippen LogP contribution in [0.25, 0.3) is 32.9 Å². The molecule has 5 rings (SSSR count). The molecule has 7 nitrogen and oxygen atoms in total. The maximum atomic E-state index is 13.1. The summed E-state index contributed by atoms with van der Waals surface area (Å²) in [6.45, 7) is 2.65. The van der Waals surface area contributed by atoms with Crippen molar-refractivity contribution in [2.75, 3.05) is 5.32 Å². The van der Waals surface area contributed by atoms with E-state index in [9.17, 15) is 4.79 Å². The summed E-state index contributed by atoms with van der Waals surface area (Å²) in [6.07, 6.45) is 3.20. The van der Waals surface area contributed by atoms with E-state index in [1.807, 2.05) is 54.8 Å². The molecule has 5 aromatic rings. The fraction of sp³-hybridized carbons (Fsp3) is 0.0909. The predicted octanol–water partition coefficient (Wildman–Crippen LogP) is 5.09. The number of hydrogen-bond acceptors (Lipinski definition) is 6. The Labute approximate surface area is 176 Å². The van der Waals surface area contributed by atoms with Crippen LogP contribution in [0.2, 0.25) is 0 Å². The Balaban J connectivity index is 1.52. The number of pyridine rings is 1. The van der Waals surface area contributed by atoms with Gasteiger partial charge >= 0.3 is 6.01 Å². The van der Waals surface area contributed by atoms with Gasteiger partial charge in [-0.2, -0.15) is 10.1 Å². The number of hydrogen-bond donors (Lipinski definition) is 1. The molecule has 8 heteroatoms. The Morgan fingerprint density at radius 2 is 2.00 bits per heavy atom. The van der Waals surface area contributed by atoms with Gasteiger partial charge in [-0.1, -0.05) is 36.4 Å². The van der Waals surface area contributed by atoms with Gasteiger partial charge in [0.1, 0.15) is 12.0 Å². The first kappa shape index (κ1) is 18.3. The zero-order valence-corrected chi connectivity index (χ0v) is 16.9. The fourth-order valence-corrected chi connectivity index (χ4v) is 3.94. The number of fused-ring (bicyclic) bond motifs is 1. The standard InChI is InChI=1S/C22H17N5O2S/c1-2-27-20-16(12-23-27)15(11-17(24-20)19-9-6-10-30-19)21(28)26-22-25-18(13-29-22)14-7-4-3-5-8-14/h3-13H,2H2,1H3,(H,25,26,28). The van der Waals surface area contributed by atoms with E-state index < -0.39 is 0 Å². The van der Waals surface area contributed by atoms with Crippen LogP contribution in [-0.4, -0.2) is 25.7 Å². The third kappa shape index (κ3) is 3.27. The summed E-state index contributed by atoms with van der Waals surface area (Å²) in [6, 6.07) is 15.5. The third-order valence-corrected chi connectivity index (χ3v) is 5.61. The summed E-state index contributed by atoms with van der Waals surface area (Å²) >= 11 is 1.57. The highest BCUT2D eigenvalue weighted by molar-refractivity contribution is 7.13. The first-order valence-corrected chi connectivity index (χ1v) is 10.3. The third-order valence-electron chi connectivity index (χ3n) is 4.72. The molecule has 0 fully saturated rings. The number of anilines is 1. The quantitative estimate of drug-likeness (QED) is 0.432. The van der Waals surface area contributed by atoms with Gasteiger partial charge in [0.05, 0.1) is 27.7 Å². The number of benzene rings is 1. The Kier molecular flexibility index (Phi) is 4.61. The number of thiophene rings is 1. The largest absolute Gasteiger partial charge is 0.431 e. The van der Waals surface area contributed by atoms with E-state index >= 15 is 0 Å². The monoisotopic (exact) mass is 415 g/mol. The Bertz CT molecular complexity index is 1320. The second-order valence-corrected chi connectivity index (χ2v) is 7.54. The van der Waals surface area contributed by atoms with Crippen LogP contribution in [0.15, 0.2) is 70.8 Å². The van der Waals surface area contributed by atoms with Gasteiger partial charge in [-0.15, -0.1) is 11.3 Å². The predicted molar refractivity (Wildman–Crippen MR) is 116 cm³/mol. The molecule has 0 saturated heterocycles. The minimum absolute atomic E-state index is 0.143. The number of aryl methyl sites for hydroxylation is 1. The zero-order chi connectivity index (χ0) is 20.5. The highest BCUT2D eigenvalue weighted by atomic mass is 32.1.